The van der Waals surface area contributed by atoms with Crippen LogP contribution in [0.1, 0.15) is 33.6 Å². The second-order valence-corrected chi connectivity index (χ2v) is 3.75. The SMILES string of the molecule is O=C(OCCCCO)c1ccc(C(=O)O[N+](=O)[O-])cc1. The number of aliphatic hydroxyl groups is 1. The molecule has 0 heterocycles. The Bertz CT molecular complexity index is 483. The Hall–Kier alpha value is -2.48. The van der Waals surface area contributed by atoms with Crippen LogP contribution in [-0.2, 0) is 9.57 Å². The minimum Gasteiger partial charge on any atom is -0.462 e. The van der Waals surface area contributed by atoms with Crippen LogP contribution in [0.4, 0.5) is 0 Å². The van der Waals surface area contributed by atoms with Crippen molar-refractivity contribution in [1.29, 1.82) is 0 Å². The van der Waals surface area contributed by atoms with Gasteiger partial charge in [0.25, 0.3) is 0 Å². The predicted molar refractivity (Wildman–Crippen MR) is 65.5 cm³/mol. The second kappa shape index (κ2) is 7.85. The molecule has 108 valence electrons. The van der Waals surface area contributed by atoms with E-state index in [4.69, 9.17) is 9.84 Å². The lowest BCUT2D eigenvalue weighted by atomic mass is 10.1. The molecule has 0 bridgehead atoms. The standard InChI is InChI=1S/C12H13NO7/c14-7-1-2-8-19-11(15)9-3-5-10(6-4-9)12(16)20-13(17)18/h3-6,14H,1-2,7-8H2. The lowest BCUT2D eigenvalue weighted by Gasteiger charge is -2.04. The van der Waals surface area contributed by atoms with E-state index < -0.39 is 17.0 Å². The summed E-state index contributed by atoms with van der Waals surface area (Å²) in [7, 11) is 0. The average Bonchev–Trinajstić information content (AvgIpc) is 2.43. The largest absolute Gasteiger partial charge is 0.462 e. The maximum Gasteiger partial charge on any atom is 0.338 e. The van der Waals surface area contributed by atoms with E-state index in [-0.39, 0.29) is 24.3 Å². The molecule has 0 amide bonds. The van der Waals surface area contributed by atoms with Crippen LogP contribution in [-0.4, -0.2) is 35.3 Å². The molecule has 8 nitrogen and oxygen atoms in total. The molecule has 1 aromatic carbocycles. The average molecular weight is 283 g/mol. The molecule has 20 heavy (non-hydrogen) atoms. The number of unbranched alkanes of at least 4 members (excludes halogenated alkanes) is 1. The number of hydrogen-bond donors (Lipinski definition) is 1. The fourth-order valence-electron chi connectivity index (χ4n) is 1.32. The molecule has 0 aliphatic carbocycles. The van der Waals surface area contributed by atoms with E-state index >= 15 is 0 Å². The second-order valence-electron chi connectivity index (χ2n) is 3.75. The van der Waals surface area contributed by atoms with E-state index in [9.17, 15) is 19.7 Å². The summed E-state index contributed by atoms with van der Waals surface area (Å²) in [6.07, 6.45) is 1.09. The normalized spacial score (nSPS) is 9.85. The van der Waals surface area contributed by atoms with Crippen molar-refractivity contribution < 1.29 is 29.4 Å². The first-order chi connectivity index (χ1) is 9.54. The molecule has 1 rings (SSSR count). The predicted octanol–water partition coefficient (Wildman–Crippen LogP) is 0.964. The molecule has 0 aliphatic heterocycles. The van der Waals surface area contributed by atoms with Crippen molar-refractivity contribution in [3.63, 3.8) is 0 Å². The summed E-state index contributed by atoms with van der Waals surface area (Å²) in [6.45, 7) is 0.218. The van der Waals surface area contributed by atoms with Crippen LogP contribution in [0.5, 0.6) is 0 Å². The first-order valence-corrected chi connectivity index (χ1v) is 5.79. The van der Waals surface area contributed by atoms with Crippen molar-refractivity contribution in [2.45, 2.75) is 12.8 Å². The molecule has 1 aromatic rings. The molecular formula is C12H13NO7. The van der Waals surface area contributed by atoms with Crippen LogP contribution in [0, 0.1) is 10.1 Å². The molecule has 0 unspecified atom stereocenters. The zero-order valence-electron chi connectivity index (χ0n) is 10.5. The molecule has 0 atom stereocenters. The van der Waals surface area contributed by atoms with Crippen molar-refractivity contribution >= 4 is 11.9 Å². The Morgan fingerprint density at radius 1 is 1.10 bits per heavy atom. The highest BCUT2D eigenvalue weighted by atomic mass is 17.0. The van der Waals surface area contributed by atoms with Crippen molar-refractivity contribution in [3.05, 3.63) is 45.5 Å². The van der Waals surface area contributed by atoms with Gasteiger partial charge in [0.2, 0.25) is 0 Å². The Morgan fingerprint density at radius 2 is 1.65 bits per heavy atom. The Morgan fingerprint density at radius 3 is 2.15 bits per heavy atom. The van der Waals surface area contributed by atoms with E-state index in [0.29, 0.717) is 12.8 Å². The number of rotatable bonds is 7. The maximum absolute atomic E-state index is 11.6. The fraction of sp³-hybridized carbons (Fsp3) is 0.333. The molecule has 0 saturated carbocycles. The number of nitrogens with zero attached hydrogens (tertiary/aromatic N) is 1. The molecule has 0 spiro atoms. The summed E-state index contributed by atoms with van der Waals surface area (Å²) in [5, 5.41) is 17.4. The molecule has 0 radical (unpaired) electrons. The van der Waals surface area contributed by atoms with Crippen molar-refractivity contribution in [3.8, 4) is 0 Å². The van der Waals surface area contributed by atoms with Gasteiger partial charge in [0, 0.05) is 12.2 Å². The van der Waals surface area contributed by atoms with Gasteiger partial charge in [0.15, 0.2) is 0 Å². The van der Waals surface area contributed by atoms with E-state index in [1.165, 1.54) is 24.3 Å². The van der Waals surface area contributed by atoms with E-state index in [0.717, 1.165) is 0 Å². The first-order valence-electron chi connectivity index (χ1n) is 5.79. The van der Waals surface area contributed by atoms with Crippen molar-refractivity contribution in [1.82, 2.24) is 0 Å². The molecule has 0 saturated heterocycles. The van der Waals surface area contributed by atoms with Gasteiger partial charge in [0.05, 0.1) is 12.2 Å². The minimum absolute atomic E-state index is 0.0325. The number of carbonyl (C=O) groups excluding carboxylic acids is 2. The third-order valence-electron chi connectivity index (χ3n) is 2.30. The summed E-state index contributed by atoms with van der Waals surface area (Å²) in [4.78, 5) is 36.5. The number of benzene rings is 1. The van der Waals surface area contributed by atoms with Gasteiger partial charge >= 0.3 is 17.0 Å². The van der Waals surface area contributed by atoms with E-state index in [1.807, 2.05) is 0 Å². The first kappa shape index (κ1) is 15.6. The highest BCUT2D eigenvalue weighted by Crippen LogP contribution is 2.08. The van der Waals surface area contributed by atoms with Crippen LogP contribution in [0.3, 0.4) is 0 Å². The van der Waals surface area contributed by atoms with Gasteiger partial charge in [-0.2, -0.15) is 0 Å². The molecule has 0 aliphatic rings. The van der Waals surface area contributed by atoms with Crippen LogP contribution in [0.2, 0.25) is 0 Å². The monoisotopic (exact) mass is 283 g/mol. The summed E-state index contributed by atoms with van der Waals surface area (Å²) in [6, 6.07) is 5.09. The van der Waals surface area contributed by atoms with Crippen LogP contribution in [0.15, 0.2) is 24.3 Å². The summed E-state index contributed by atoms with van der Waals surface area (Å²) >= 11 is 0. The van der Waals surface area contributed by atoms with E-state index in [1.54, 1.807) is 0 Å². The van der Waals surface area contributed by atoms with Crippen molar-refractivity contribution in [2.75, 3.05) is 13.2 Å². The Kier molecular flexibility index (Phi) is 6.11. The smallest absolute Gasteiger partial charge is 0.338 e. The third kappa shape index (κ3) is 5.02. The molecule has 1 N–H and O–H groups in total. The molecule has 0 fully saturated rings. The third-order valence-corrected chi connectivity index (χ3v) is 2.30. The van der Waals surface area contributed by atoms with Gasteiger partial charge in [-0.25, -0.2) is 9.63 Å². The van der Waals surface area contributed by atoms with E-state index in [2.05, 4.69) is 4.84 Å². The molecule has 8 heteroatoms. The maximum atomic E-state index is 11.6. The number of ether oxygens (including phenoxy) is 1. The van der Waals surface area contributed by atoms with Crippen LogP contribution >= 0.6 is 0 Å². The topological polar surface area (TPSA) is 116 Å². The molecule has 0 aromatic heterocycles. The Labute approximate surface area is 114 Å². The highest BCUT2D eigenvalue weighted by molar-refractivity contribution is 5.93. The van der Waals surface area contributed by atoms with Gasteiger partial charge in [-0.3, -0.25) is 4.79 Å². The highest BCUT2D eigenvalue weighted by Gasteiger charge is 2.12. The van der Waals surface area contributed by atoms with Gasteiger partial charge in [-0.05, 0) is 37.1 Å². The zero-order valence-corrected chi connectivity index (χ0v) is 10.5. The zero-order chi connectivity index (χ0) is 15.0. The number of hydrogen-bond acceptors (Lipinski definition) is 7. The lowest BCUT2D eigenvalue weighted by Crippen LogP contribution is -2.11. The summed E-state index contributed by atoms with van der Waals surface area (Å²) < 4.78 is 4.92. The van der Waals surface area contributed by atoms with Gasteiger partial charge < -0.3 is 9.84 Å². The van der Waals surface area contributed by atoms with Gasteiger partial charge in [0.1, 0.15) is 0 Å². The summed E-state index contributed by atoms with van der Waals surface area (Å²) in [5.41, 5.74) is 0.171. The lowest BCUT2D eigenvalue weighted by molar-refractivity contribution is -0.727. The minimum atomic E-state index is -1.20. The van der Waals surface area contributed by atoms with Crippen LogP contribution in [0.25, 0.3) is 0 Å². The summed E-state index contributed by atoms with van der Waals surface area (Å²) in [5.74, 6) is -1.69. The molecular weight excluding hydrogens is 270 g/mol. The van der Waals surface area contributed by atoms with Gasteiger partial charge in [-0.1, -0.05) is 0 Å². The Balaban J connectivity index is 2.55. The quantitative estimate of drug-likeness (QED) is 0.343. The van der Waals surface area contributed by atoms with Crippen LogP contribution < -0.4 is 0 Å². The number of carbonyl (C=O) groups is 2. The number of aliphatic hydroxyl groups excluding tert-OH is 1. The fourth-order valence-corrected chi connectivity index (χ4v) is 1.32. The number of esters is 1. The van der Waals surface area contributed by atoms with Gasteiger partial charge in [-0.15, -0.1) is 10.1 Å². The van der Waals surface area contributed by atoms with Crippen molar-refractivity contribution in [2.24, 2.45) is 0 Å².